The fourth-order valence-electron chi connectivity index (χ4n) is 1.12. The normalized spacial score (nSPS) is 10.1. The first-order valence-corrected chi connectivity index (χ1v) is 6.10. The van der Waals surface area contributed by atoms with Gasteiger partial charge in [0.05, 0.1) is 17.6 Å². The van der Waals surface area contributed by atoms with Crippen LogP contribution in [-0.4, -0.2) is 17.4 Å². The fraction of sp³-hybridized carbons (Fsp3) is 0.400. The standard InChI is InChI=1S/C10H11BrClNO3/c11-8-5-9(13(14)15)7-10(6-8)16-4-2-1-3-12/h5-7H,1-4H2. The topological polar surface area (TPSA) is 52.4 Å². The number of nitro benzene ring substituents is 1. The van der Waals surface area contributed by atoms with E-state index in [0.717, 1.165) is 12.8 Å². The van der Waals surface area contributed by atoms with Crippen molar-refractivity contribution in [3.63, 3.8) is 0 Å². The van der Waals surface area contributed by atoms with Gasteiger partial charge in [0, 0.05) is 16.4 Å². The van der Waals surface area contributed by atoms with Gasteiger partial charge in [-0.05, 0) is 18.9 Å². The quantitative estimate of drug-likeness (QED) is 0.348. The summed E-state index contributed by atoms with van der Waals surface area (Å²) in [5.41, 5.74) is 0.0155. The third-order valence-electron chi connectivity index (χ3n) is 1.86. The van der Waals surface area contributed by atoms with E-state index in [1.54, 1.807) is 6.07 Å². The predicted molar refractivity (Wildman–Crippen MR) is 66.2 cm³/mol. The van der Waals surface area contributed by atoms with Crippen molar-refractivity contribution >= 4 is 33.2 Å². The molecule has 0 amide bonds. The lowest BCUT2D eigenvalue weighted by atomic mass is 10.3. The van der Waals surface area contributed by atoms with Crippen LogP contribution >= 0.6 is 27.5 Å². The predicted octanol–water partition coefficient (Wildman–Crippen LogP) is 3.76. The van der Waals surface area contributed by atoms with Crippen LogP contribution in [0, 0.1) is 10.1 Å². The van der Waals surface area contributed by atoms with Gasteiger partial charge in [0.15, 0.2) is 0 Å². The Morgan fingerprint density at radius 1 is 1.38 bits per heavy atom. The molecule has 88 valence electrons. The number of benzene rings is 1. The van der Waals surface area contributed by atoms with Gasteiger partial charge in [-0.25, -0.2) is 0 Å². The van der Waals surface area contributed by atoms with Gasteiger partial charge < -0.3 is 4.74 Å². The molecule has 0 heterocycles. The largest absolute Gasteiger partial charge is 0.493 e. The van der Waals surface area contributed by atoms with E-state index in [4.69, 9.17) is 16.3 Å². The molecule has 0 bridgehead atoms. The van der Waals surface area contributed by atoms with E-state index in [2.05, 4.69) is 15.9 Å². The molecule has 6 heteroatoms. The molecule has 0 aliphatic rings. The zero-order chi connectivity index (χ0) is 12.0. The van der Waals surface area contributed by atoms with Crippen molar-refractivity contribution in [3.8, 4) is 5.75 Å². The molecule has 0 aromatic heterocycles. The van der Waals surface area contributed by atoms with Crippen LogP contribution in [0.25, 0.3) is 0 Å². The lowest BCUT2D eigenvalue weighted by Gasteiger charge is -2.05. The average molecular weight is 309 g/mol. The number of nitro groups is 1. The molecule has 0 unspecified atom stereocenters. The minimum atomic E-state index is -0.448. The second-order valence-electron chi connectivity index (χ2n) is 3.15. The fourth-order valence-corrected chi connectivity index (χ4v) is 1.77. The van der Waals surface area contributed by atoms with E-state index in [-0.39, 0.29) is 5.69 Å². The number of hydrogen-bond donors (Lipinski definition) is 0. The molecule has 0 saturated heterocycles. The highest BCUT2D eigenvalue weighted by Gasteiger charge is 2.09. The SMILES string of the molecule is O=[N+]([O-])c1cc(Br)cc(OCCCCCl)c1. The van der Waals surface area contributed by atoms with E-state index in [1.807, 2.05) is 0 Å². The summed E-state index contributed by atoms with van der Waals surface area (Å²) >= 11 is 8.72. The Morgan fingerprint density at radius 3 is 2.75 bits per heavy atom. The number of unbranched alkanes of at least 4 members (excludes halogenated alkanes) is 1. The molecule has 4 nitrogen and oxygen atoms in total. The van der Waals surface area contributed by atoms with Crippen LogP contribution in [-0.2, 0) is 0 Å². The Hall–Kier alpha value is -0.810. The van der Waals surface area contributed by atoms with E-state index in [1.165, 1.54) is 12.1 Å². The van der Waals surface area contributed by atoms with Gasteiger partial charge in [-0.15, -0.1) is 11.6 Å². The molecule has 0 fully saturated rings. The van der Waals surface area contributed by atoms with Crippen LogP contribution in [0.1, 0.15) is 12.8 Å². The van der Waals surface area contributed by atoms with Crippen molar-refractivity contribution in [2.24, 2.45) is 0 Å². The van der Waals surface area contributed by atoms with E-state index in [0.29, 0.717) is 22.7 Å². The Labute approximate surface area is 107 Å². The van der Waals surface area contributed by atoms with Crippen LogP contribution in [0.3, 0.4) is 0 Å². The Kier molecular flexibility index (Phi) is 5.55. The highest BCUT2D eigenvalue weighted by atomic mass is 79.9. The maximum atomic E-state index is 10.6. The number of rotatable bonds is 6. The van der Waals surface area contributed by atoms with Gasteiger partial charge >= 0.3 is 0 Å². The molecule has 0 radical (unpaired) electrons. The number of ether oxygens (including phenoxy) is 1. The maximum Gasteiger partial charge on any atom is 0.274 e. The number of non-ortho nitro benzene ring substituents is 1. The summed E-state index contributed by atoms with van der Waals surface area (Å²) in [5.74, 6) is 1.10. The summed E-state index contributed by atoms with van der Waals surface area (Å²) in [5, 5.41) is 10.6. The zero-order valence-electron chi connectivity index (χ0n) is 8.49. The molecule has 1 rings (SSSR count). The van der Waals surface area contributed by atoms with Crippen LogP contribution in [0.15, 0.2) is 22.7 Å². The van der Waals surface area contributed by atoms with Crippen molar-refractivity contribution in [3.05, 3.63) is 32.8 Å². The molecular formula is C10H11BrClNO3. The summed E-state index contributed by atoms with van der Waals surface area (Å²) < 4.78 is 6.02. The first-order valence-electron chi connectivity index (χ1n) is 4.77. The Bertz CT molecular complexity index is 373. The van der Waals surface area contributed by atoms with E-state index in [9.17, 15) is 10.1 Å². The van der Waals surface area contributed by atoms with Gasteiger partial charge in [-0.2, -0.15) is 0 Å². The summed E-state index contributed by atoms with van der Waals surface area (Å²) in [6, 6.07) is 4.55. The summed E-state index contributed by atoms with van der Waals surface area (Å²) in [6.45, 7) is 0.514. The zero-order valence-corrected chi connectivity index (χ0v) is 10.8. The monoisotopic (exact) mass is 307 g/mol. The van der Waals surface area contributed by atoms with Gasteiger partial charge in [0.1, 0.15) is 5.75 Å². The van der Waals surface area contributed by atoms with Crippen LogP contribution in [0.2, 0.25) is 0 Å². The lowest BCUT2D eigenvalue weighted by Crippen LogP contribution is -1.98. The molecule has 0 aliphatic carbocycles. The molecule has 0 N–H and O–H groups in total. The van der Waals surface area contributed by atoms with Gasteiger partial charge in [-0.1, -0.05) is 15.9 Å². The van der Waals surface area contributed by atoms with Crippen molar-refractivity contribution in [2.75, 3.05) is 12.5 Å². The maximum absolute atomic E-state index is 10.6. The van der Waals surface area contributed by atoms with E-state index >= 15 is 0 Å². The van der Waals surface area contributed by atoms with Crippen molar-refractivity contribution in [1.29, 1.82) is 0 Å². The summed E-state index contributed by atoms with van der Waals surface area (Å²) in [7, 11) is 0. The molecule has 0 aliphatic heterocycles. The lowest BCUT2D eigenvalue weighted by molar-refractivity contribution is -0.385. The van der Waals surface area contributed by atoms with Crippen LogP contribution in [0.4, 0.5) is 5.69 Å². The molecular weight excluding hydrogens is 297 g/mol. The van der Waals surface area contributed by atoms with E-state index < -0.39 is 4.92 Å². The average Bonchev–Trinajstić information content (AvgIpc) is 2.23. The second-order valence-corrected chi connectivity index (χ2v) is 4.44. The Morgan fingerprint density at radius 2 is 2.12 bits per heavy atom. The molecule has 0 spiro atoms. The first kappa shape index (κ1) is 13.3. The highest BCUT2D eigenvalue weighted by molar-refractivity contribution is 9.10. The molecule has 0 atom stereocenters. The number of halogens is 2. The Balaban J connectivity index is 2.62. The minimum Gasteiger partial charge on any atom is -0.493 e. The third-order valence-corrected chi connectivity index (χ3v) is 2.59. The minimum absolute atomic E-state index is 0.0155. The van der Waals surface area contributed by atoms with Crippen molar-refractivity contribution < 1.29 is 9.66 Å². The van der Waals surface area contributed by atoms with Gasteiger partial charge in [-0.3, -0.25) is 10.1 Å². The highest BCUT2D eigenvalue weighted by Crippen LogP contribution is 2.26. The molecule has 0 saturated carbocycles. The van der Waals surface area contributed by atoms with Crippen LogP contribution < -0.4 is 4.74 Å². The number of nitrogens with zero attached hydrogens (tertiary/aromatic N) is 1. The smallest absolute Gasteiger partial charge is 0.274 e. The second kappa shape index (κ2) is 6.70. The van der Waals surface area contributed by atoms with Crippen molar-refractivity contribution in [2.45, 2.75) is 12.8 Å². The molecule has 1 aromatic carbocycles. The third kappa shape index (κ3) is 4.37. The summed E-state index contributed by atoms with van der Waals surface area (Å²) in [6.07, 6.45) is 1.71. The number of hydrogen-bond acceptors (Lipinski definition) is 3. The van der Waals surface area contributed by atoms with Crippen molar-refractivity contribution in [1.82, 2.24) is 0 Å². The van der Waals surface area contributed by atoms with Crippen LogP contribution in [0.5, 0.6) is 5.75 Å². The molecule has 1 aromatic rings. The summed E-state index contributed by atoms with van der Waals surface area (Å²) in [4.78, 5) is 10.1. The number of alkyl halides is 1. The first-order chi connectivity index (χ1) is 7.63. The van der Waals surface area contributed by atoms with Gasteiger partial charge in [0.2, 0.25) is 0 Å². The molecule has 16 heavy (non-hydrogen) atoms. The van der Waals surface area contributed by atoms with Gasteiger partial charge in [0.25, 0.3) is 5.69 Å².